The zero-order valence-corrected chi connectivity index (χ0v) is 14.5. The summed E-state index contributed by atoms with van der Waals surface area (Å²) in [4.78, 5) is 0.0570. The van der Waals surface area contributed by atoms with E-state index in [-0.39, 0.29) is 16.3 Å². The van der Waals surface area contributed by atoms with E-state index in [0.29, 0.717) is 11.3 Å². The molecule has 9 heteroatoms. The first-order chi connectivity index (χ1) is 12.5. The van der Waals surface area contributed by atoms with Crippen LogP contribution < -0.4 is 4.18 Å². The minimum absolute atomic E-state index is 0.0547. The lowest BCUT2D eigenvalue weighted by Gasteiger charge is -2.11. The molecule has 0 fully saturated rings. The first-order valence-electron chi connectivity index (χ1n) is 7.69. The first-order valence-corrected chi connectivity index (χ1v) is 9.10. The van der Waals surface area contributed by atoms with Crippen LogP contribution in [0.4, 0.5) is 0 Å². The van der Waals surface area contributed by atoms with E-state index in [4.69, 9.17) is 4.18 Å². The minimum atomic E-state index is -4.03. The van der Waals surface area contributed by atoms with Gasteiger partial charge in [0.25, 0.3) is 0 Å². The Morgan fingerprint density at radius 3 is 2.46 bits per heavy atom. The second-order valence-electron chi connectivity index (χ2n) is 5.60. The van der Waals surface area contributed by atoms with Gasteiger partial charge in [-0.1, -0.05) is 48.0 Å². The third-order valence-corrected chi connectivity index (χ3v) is 4.97. The van der Waals surface area contributed by atoms with Crippen LogP contribution >= 0.6 is 0 Å². The number of nitrogens with zero attached hydrogens (tertiary/aromatic N) is 5. The third-order valence-electron chi connectivity index (χ3n) is 3.72. The number of hydrogen-bond donors (Lipinski definition) is 0. The first kappa shape index (κ1) is 16.2. The van der Waals surface area contributed by atoms with Gasteiger partial charge in [-0.05, 0) is 29.5 Å². The molecule has 0 amide bonds. The van der Waals surface area contributed by atoms with Gasteiger partial charge in [0.05, 0.1) is 0 Å². The zero-order valence-electron chi connectivity index (χ0n) is 13.6. The maximum Gasteiger partial charge on any atom is 0.339 e. The molecule has 0 saturated heterocycles. The minimum Gasteiger partial charge on any atom is -0.376 e. The van der Waals surface area contributed by atoms with Gasteiger partial charge in [-0.3, -0.25) is 0 Å². The van der Waals surface area contributed by atoms with Crippen molar-refractivity contribution in [2.24, 2.45) is 0 Å². The molecule has 4 rings (SSSR count). The normalized spacial score (nSPS) is 11.6. The van der Waals surface area contributed by atoms with E-state index in [1.807, 2.05) is 25.1 Å². The van der Waals surface area contributed by atoms with E-state index in [0.717, 1.165) is 5.56 Å². The molecule has 0 N–H and O–H groups in total. The molecule has 0 spiro atoms. The summed E-state index contributed by atoms with van der Waals surface area (Å²) in [5.41, 5.74) is 2.23. The molecule has 0 saturated carbocycles. The Bertz CT molecular complexity index is 1170. The fourth-order valence-electron chi connectivity index (χ4n) is 2.41. The van der Waals surface area contributed by atoms with Gasteiger partial charge in [0.15, 0.2) is 5.75 Å². The molecule has 2 aromatic heterocycles. The number of rotatable bonds is 4. The van der Waals surface area contributed by atoms with Gasteiger partial charge in [-0.25, -0.2) is 0 Å². The van der Waals surface area contributed by atoms with Crippen LogP contribution in [0, 0.1) is 6.92 Å². The molecule has 0 bridgehead atoms. The summed E-state index contributed by atoms with van der Waals surface area (Å²) >= 11 is 0. The van der Waals surface area contributed by atoms with Gasteiger partial charge in [0.2, 0.25) is 5.65 Å². The second kappa shape index (κ2) is 6.19. The van der Waals surface area contributed by atoms with Crippen molar-refractivity contribution in [3.05, 3.63) is 66.2 Å². The lowest BCUT2D eigenvalue weighted by Crippen LogP contribution is -2.12. The number of fused-ring (bicyclic) bond motifs is 1. The van der Waals surface area contributed by atoms with Crippen LogP contribution in [0.15, 0.2) is 65.6 Å². The molecule has 0 radical (unpaired) electrons. The van der Waals surface area contributed by atoms with Crippen LogP contribution in [0.3, 0.4) is 0 Å². The highest BCUT2D eigenvalue weighted by Crippen LogP contribution is 2.30. The summed E-state index contributed by atoms with van der Waals surface area (Å²) in [6.07, 6.45) is 0. The molecule has 0 unspecified atom stereocenters. The van der Waals surface area contributed by atoms with Crippen LogP contribution in [0.25, 0.3) is 16.9 Å². The van der Waals surface area contributed by atoms with Gasteiger partial charge in [-0.15, -0.1) is 14.8 Å². The van der Waals surface area contributed by atoms with Crippen molar-refractivity contribution in [2.75, 3.05) is 0 Å². The lowest BCUT2D eigenvalue weighted by atomic mass is 10.1. The van der Waals surface area contributed by atoms with Crippen molar-refractivity contribution in [3.63, 3.8) is 0 Å². The maximum absolute atomic E-state index is 12.7. The molecule has 130 valence electrons. The predicted molar refractivity (Wildman–Crippen MR) is 93.0 cm³/mol. The number of hydrogen-bond acceptors (Lipinski definition) is 7. The summed E-state index contributed by atoms with van der Waals surface area (Å²) in [7, 11) is -4.03. The van der Waals surface area contributed by atoms with Crippen LogP contribution in [-0.4, -0.2) is 33.7 Å². The smallest absolute Gasteiger partial charge is 0.339 e. The van der Waals surface area contributed by atoms with Crippen molar-refractivity contribution in [1.82, 2.24) is 25.3 Å². The highest BCUT2D eigenvalue weighted by atomic mass is 32.2. The summed E-state index contributed by atoms with van der Waals surface area (Å²) in [6, 6.07) is 16.9. The summed E-state index contributed by atoms with van der Waals surface area (Å²) in [5.74, 6) is 0.0547. The Balaban J connectivity index is 1.83. The number of benzene rings is 2. The van der Waals surface area contributed by atoms with Crippen molar-refractivity contribution >= 4 is 15.8 Å². The second-order valence-corrected chi connectivity index (χ2v) is 7.15. The number of aryl methyl sites for hydroxylation is 1. The molecular formula is C17H13N5O3S. The van der Waals surface area contributed by atoms with Crippen LogP contribution in [0.5, 0.6) is 5.75 Å². The summed E-state index contributed by atoms with van der Waals surface area (Å²) < 4.78 is 31.9. The Morgan fingerprint density at radius 1 is 1.00 bits per heavy atom. The van der Waals surface area contributed by atoms with Crippen LogP contribution in [-0.2, 0) is 10.1 Å². The van der Waals surface area contributed by atoms with E-state index in [1.54, 1.807) is 24.3 Å². The van der Waals surface area contributed by atoms with E-state index in [2.05, 4.69) is 20.6 Å². The SMILES string of the molecule is Cc1ccc(S(=O)(=O)Oc2cc3nnnn3nc2-c2ccccc2)cc1. The Kier molecular flexibility index (Phi) is 3.85. The lowest BCUT2D eigenvalue weighted by molar-refractivity contribution is 0.484. The zero-order chi connectivity index (χ0) is 18.1. The van der Waals surface area contributed by atoms with E-state index >= 15 is 0 Å². The molecular weight excluding hydrogens is 354 g/mol. The Hall–Kier alpha value is -3.33. The Labute approximate surface area is 149 Å². The predicted octanol–water partition coefficient (Wildman–Crippen LogP) is 2.26. The van der Waals surface area contributed by atoms with Crippen LogP contribution in [0.1, 0.15) is 5.56 Å². The topological polar surface area (TPSA) is 99.3 Å². The molecule has 4 aromatic rings. The molecule has 0 aliphatic rings. The Morgan fingerprint density at radius 2 is 1.73 bits per heavy atom. The molecule has 0 aliphatic heterocycles. The molecule has 26 heavy (non-hydrogen) atoms. The monoisotopic (exact) mass is 367 g/mol. The largest absolute Gasteiger partial charge is 0.376 e. The average Bonchev–Trinajstić information content (AvgIpc) is 3.09. The summed E-state index contributed by atoms with van der Waals surface area (Å²) in [5, 5.41) is 15.4. The standard InChI is InChI=1S/C17H13N5O3S/c1-12-7-9-14(10-8-12)26(23,24)25-15-11-16-18-20-21-22(16)19-17(15)13-5-3-2-4-6-13/h2-11H,1H3. The molecule has 2 aromatic carbocycles. The molecule has 2 heterocycles. The fraction of sp³-hybridized carbons (Fsp3) is 0.0588. The van der Waals surface area contributed by atoms with Crippen molar-refractivity contribution < 1.29 is 12.6 Å². The van der Waals surface area contributed by atoms with Crippen molar-refractivity contribution in [2.45, 2.75) is 11.8 Å². The molecule has 0 atom stereocenters. The van der Waals surface area contributed by atoms with Gasteiger partial charge in [0.1, 0.15) is 10.6 Å². The number of tetrazole rings is 1. The molecule has 8 nitrogen and oxygen atoms in total. The van der Waals surface area contributed by atoms with Gasteiger partial charge >= 0.3 is 10.1 Å². The third kappa shape index (κ3) is 3.00. The van der Waals surface area contributed by atoms with E-state index in [9.17, 15) is 8.42 Å². The quantitative estimate of drug-likeness (QED) is 0.510. The highest BCUT2D eigenvalue weighted by Gasteiger charge is 2.21. The van der Waals surface area contributed by atoms with Gasteiger partial charge in [0, 0.05) is 11.6 Å². The molecule has 0 aliphatic carbocycles. The summed E-state index contributed by atoms with van der Waals surface area (Å²) in [6.45, 7) is 1.88. The van der Waals surface area contributed by atoms with Gasteiger partial charge < -0.3 is 4.18 Å². The van der Waals surface area contributed by atoms with Crippen molar-refractivity contribution in [1.29, 1.82) is 0 Å². The van der Waals surface area contributed by atoms with E-state index in [1.165, 1.54) is 22.8 Å². The highest BCUT2D eigenvalue weighted by molar-refractivity contribution is 7.87. The van der Waals surface area contributed by atoms with E-state index < -0.39 is 10.1 Å². The fourth-order valence-corrected chi connectivity index (χ4v) is 3.34. The van der Waals surface area contributed by atoms with Gasteiger partial charge in [-0.2, -0.15) is 8.42 Å². The van der Waals surface area contributed by atoms with Crippen molar-refractivity contribution in [3.8, 4) is 17.0 Å². The van der Waals surface area contributed by atoms with Crippen LogP contribution in [0.2, 0.25) is 0 Å². The maximum atomic E-state index is 12.7. The number of aromatic nitrogens is 5. The average molecular weight is 367 g/mol.